The van der Waals surface area contributed by atoms with Gasteiger partial charge in [-0.1, -0.05) is 18.2 Å². The van der Waals surface area contributed by atoms with Crippen LogP contribution in [0.2, 0.25) is 0 Å². The Labute approximate surface area is 101 Å². The highest BCUT2D eigenvalue weighted by atomic mass is 16.5. The molecule has 1 aliphatic rings. The van der Waals surface area contributed by atoms with Crippen molar-refractivity contribution in [2.45, 2.75) is 12.5 Å². The van der Waals surface area contributed by atoms with Crippen LogP contribution < -0.4 is 5.32 Å². The minimum absolute atomic E-state index is 0.321. The Morgan fingerprint density at radius 1 is 1.35 bits per heavy atom. The summed E-state index contributed by atoms with van der Waals surface area (Å²) in [5, 5.41) is 4.61. The molecule has 1 aromatic heterocycles. The molecule has 2 heterocycles. The van der Waals surface area contributed by atoms with Crippen LogP contribution in [0.5, 0.6) is 0 Å². The van der Waals surface area contributed by atoms with Crippen molar-refractivity contribution >= 4 is 11.0 Å². The second kappa shape index (κ2) is 4.51. The van der Waals surface area contributed by atoms with Crippen molar-refractivity contribution in [1.82, 2.24) is 5.32 Å². The van der Waals surface area contributed by atoms with Crippen LogP contribution in [0.1, 0.15) is 18.0 Å². The van der Waals surface area contributed by atoms with Crippen molar-refractivity contribution in [3.05, 3.63) is 36.1 Å². The van der Waals surface area contributed by atoms with E-state index >= 15 is 0 Å². The lowest BCUT2D eigenvalue weighted by Gasteiger charge is -2.20. The van der Waals surface area contributed by atoms with Gasteiger partial charge in [0.05, 0.1) is 12.9 Å². The number of benzene rings is 1. The number of fused-ring (bicyclic) bond motifs is 1. The molecule has 2 unspecified atom stereocenters. The first kappa shape index (κ1) is 10.8. The van der Waals surface area contributed by atoms with Gasteiger partial charge in [0.1, 0.15) is 5.58 Å². The van der Waals surface area contributed by atoms with Gasteiger partial charge < -0.3 is 14.5 Å². The van der Waals surface area contributed by atoms with Crippen LogP contribution in [0, 0.1) is 5.92 Å². The molecule has 0 aliphatic carbocycles. The Morgan fingerprint density at radius 3 is 3.00 bits per heavy atom. The average molecular weight is 231 g/mol. The number of hydrogen-bond donors (Lipinski definition) is 1. The van der Waals surface area contributed by atoms with E-state index in [0.717, 1.165) is 25.2 Å². The maximum absolute atomic E-state index is 5.61. The first-order valence-corrected chi connectivity index (χ1v) is 6.11. The molecule has 3 nitrogen and oxygen atoms in total. The lowest BCUT2D eigenvalue weighted by Crippen LogP contribution is -2.25. The Kier molecular flexibility index (Phi) is 2.87. The van der Waals surface area contributed by atoms with Gasteiger partial charge in [0.15, 0.2) is 0 Å². The van der Waals surface area contributed by atoms with E-state index in [1.165, 1.54) is 10.9 Å². The van der Waals surface area contributed by atoms with Crippen LogP contribution >= 0.6 is 0 Å². The number of hydrogen-bond acceptors (Lipinski definition) is 3. The second-order valence-electron chi connectivity index (χ2n) is 4.58. The molecule has 1 aliphatic heterocycles. The number of nitrogens with one attached hydrogen (secondary N) is 1. The Balaban J connectivity index is 2.00. The zero-order valence-electron chi connectivity index (χ0n) is 9.98. The van der Waals surface area contributed by atoms with Crippen LogP contribution in [0.4, 0.5) is 0 Å². The van der Waals surface area contributed by atoms with Crippen molar-refractivity contribution < 1.29 is 9.15 Å². The molecular formula is C14H17NO2. The standard InChI is InChI=1S/C14H17NO2/c1-15-14(10-6-7-16-8-10)12-9-17-13-5-3-2-4-11(12)13/h2-5,9-10,14-15H,6-8H2,1H3. The molecule has 3 heteroatoms. The van der Waals surface area contributed by atoms with Gasteiger partial charge in [-0.15, -0.1) is 0 Å². The van der Waals surface area contributed by atoms with Crippen molar-refractivity contribution in [2.24, 2.45) is 5.92 Å². The molecule has 0 bridgehead atoms. The Hall–Kier alpha value is -1.32. The molecule has 0 spiro atoms. The second-order valence-corrected chi connectivity index (χ2v) is 4.58. The van der Waals surface area contributed by atoms with Gasteiger partial charge in [-0.2, -0.15) is 0 Å². The molecule has 1 N–H and O–H groups in total. The molecule has 1 fully saturated rings. The van der Waals surface area contributed by atoms with Crippen LogP contribution in [0.3, 0.4) is 0 Å². The predicted molar refractivity (Wildman–Crippen MR) is 66.9 cm³/mol. The van der Waals surface area contributed by atoms with Gasteiger partial charge in [0, 0.05) is 29.5 Å². The summed E-state index contributed by atoms with van der Waals surface area (Å²) in [5.74, 6) is 0.543. The number of rotatable bonds is 3. The Bertz CT molecular complexity index is 500. The van der Waals surface area contributed by atoms with Gasteiger partial charge in [0.25, 0.3) is 0 Å². The average Bonchev–Trinajstić information content (AvgIpc) is 3.01. The molecule has 0 amide bonds. The largest absolute Gasteiger partial charge is 0.464 e. The van der Waals surface area contributed by atoms with E-state index in [-0.39, 0.29) is 0 Å². The summed E-state index contributed by atoms with van der Waals surface area (Å²) in [4.78, 5) is 0. The molecule has 0 saturated carbocycles. The van der Waals surface area contributed by atoms with Gasteiger partial charge in [0.2, 0.25) is 0 Å². The molecule has 1 saturated heterocycles. The fourth-order valence-corrected chi connectivity index (χ4v) is 2.70. The first-order valence-electron chi connectivity index (χ1n) is 6.11. The predicted octanol–water partition coefficient (Wildman–Crippen LogP) is 2.73. The van der Waals surface area contributed by atoms with E-state index in [1.807, 2.05) is 25.4 Å². The summed E-state index contributed by atoms with van der Waals surface area (Å²) in [7, 11) is 2.00. The van der Waals surface area contributed by atoms with Crippen molar-refractivity contribution in [3.8, 4) is 0 Å². The van der Waals surface area contributed by atoms with Gasteiger partial charge >= 0.3 is 0 Å². The maximum atomic E-state index is 5.61. The zero-order valence-corrected chi connectivity index (χ0v) is 9.98. The molecule has 2 atom stereocenters. The van der Waals surface area contributed by atoms with E-state index in [1.54, 1.807) is 0 Å². The monoisotopic (exact) mass is 231 g/mol. The quantitative estimate of drug-likeness (QED) is 0.882. The summed E-state index contributed by atoms with van der Waals surface area (Å²) in [5.41, 5.74) is 2.21. The van der Waals surface area contributed by atoms with E-state index in [2.05, 4.69) is 17.4 Å². The van der Waals surface area contributed by atoms with Crippen LogP contribution in [-0.4, -0.2) is 20.3 Å². The maximum Gasteiger partial charge on any atom is 0.134 e. The zero-order chi connectivity index (χ0) is 11.7. The fourth-order valence-electron chi connectivity index (χ4n) is 2.70. The minimum atomic E-state index is 0.321. The molecular weight excluding hydrogens is 214 g/mol. The third-order valence-corrected chi connectivity index (χ3v) is 3.59. The van der Waals surface area contributed by atoms with E-state index in [0.29, 0.717) is 12.0 Å². The van der Waals surface area contributed by atoms with Gasteiger partial charge in [-0.3, -0.25) is 0 Å². The number of para-hydroxylation sites is 1. The molecule has 3 rings (SSSR count). The molecule has 2 aromatic rings. The van der Waals surface area contributed by atoms with Crippen LogP contribution in [-0.2, 0) is 4.74 Å². The van der Waals surface area contributed by atoms with Gasteiger partial charge in [-0.25, -0.2) is 0 Å². The molecule has 1 aromatic carbocycles. The minimum Gasteiger partial charge on any atom is -0.464 e. The number of furan rings is 1. The Morgan fingerprint density at radius 2 is 2.24 bits per heavy atom. The summed E-state index contributed by atoms with van der Waals surface area (Å²) in [6.45, 7) is 1.71. The smallest absolute Gasteiger partial charge is 0.134 e. The molecule has 17 heavy (non-hydrogen) atoms. The van der Waals surface area contributed by atoms with Crippen molar-refractivity contribution in [3.63, 3.8) is 0 Å². The third kappa shape index (κ3) is 1.85. The lowest BCUT2D eigenvalue weighted by molar-refractivity contribution is 0.178. The first-order chi connectivity index (χ1) is 8.40. The van der Waals surface area contributed by atoms with Gasteiger partial charge in [-0.05, 0) is 19.5 Å². The van der Waals surface area contributed by atoms with Crippen molar-refractivity contribution in [1.29, 1.82) is 0 Å². The highest BCUT2D eigenvalue weighted by Gasteiger charge is 2.28. The summed E-state index contributed by atoms with van der Waals surface area (Å²) in [6, 6.07) is 8.51. The fraction of sp³-hybridized carbons (Fsp3) is 0.429. The molecule has 90 valence electrons. The van der Waals surface area contributed by atoms with Crippen LogP contribution in [0.25, 0.3) is 11.0 Å². The summed E-state index contributed by atoms with van der Waals surface area (Å²) >= 11 is 0. The normalized spacial score (nSPS) is 22.1. The SMILES string of the molecule is CNC(c1coc2ccccc12)C1CCOC1. The third-order valence-electron chi connectivity index (χ3n) is 3.59. The topological polar surface area (TPSA) is 34.4 Å². The highest BCUT2D eigenvalue weighted by molar-refractivity contribution is 5.81. The molecule has 0 radical (unpaired) electrons. The van der Waals surface area contributed by atoms with E-state index in [4.69, 9.17) is 9.15 Å². The highest BCUT2D eigenvalue weighted by Crippen LogP contribution is 2.33. The van der Waals surface area contributed by atoms with Crippen molar-refractivity contribution in [2.75, 3.05) is 20.3 Å². The summed E-state index contributed by atoms with van der Waals surface area (Å²) < 4.78 is 11.1. The van der Waals surface area contributed by atoms with Crippen LogP contribution in [0.15, 0.2) is 34.9 Å². The summed E-state index contributed by atoms with van der Waals surface area (Å²) in [6.07, 6.45) is 3.00. The van der Waals surface area contributed by atoms with E-state index < -0.39 is 0 Å². The van der Waals surface area contributed by atoms with E-state index in [9.17, 15) is 0 Å². The number of ether oxygens (including phenoxy) is 1. The lowest BCUT2D eigenvalue weighted by atomic mass is 9.92.